The second kappa shape index (κ2) is 5.74. The van der Waals surface area contributed by atoms with E-state index in [-0.39, 0.29) is 6.04 Å². The molecule has 0 aliphatic heterocycles. The van der Waals surface area contributed by atoms with E-state index in [0.29, 0.717) is 6.42 Å². The molecule has 0 aliphatic carbocycles. The topological polar surface area (TPSA) is 26.0 Å². The molecule has 0 radical (unpaired) electrons. The van der Waals surface area contributed by atoms with Gasteiger partial charge in [-0.2, -0.15) is 0 Å². The van der Waals surface area contributed by atoms with E-state index in [1.807, 2.05) is 0 Å². The predicted octanol–water partition coefficient (Wildman–Crippen LogP) is 2.44. The Morgan fingerprint density at radius 2 is 2.07 bits per heavy atom. The molecule has 0 aromatic heterocycles. The summed E-state index contributed by atoms with van der Waals surface area (Å²) in [6.45, 7) is 2.08. The first-order chi connectivity index (χ1) is 6.72. The van der Waals surface area contributed by atoms with Crippen LogP contribution < -0.4 is 5.73 Å². The van der Waals surface area contributed by atoms with Gasteiger partial charge >= 0.3 is 0 Å². The monoisotopic (exact) mass is 205 g/mol. The van der Waals surface area contributed by atoms with Crippen molar-refractivity contribution in [2.75, 3.05) is 5.75 Å². The summed E-state index contributed by atoms with van der Waals surface area (Å²) in [5, 5.41) is 0. The zero-order valence-electron chi connectivity index (χ0n) is 8.36. The molecule has 74 valence electrons. The fourth-order valence-corrected chi connectivity index (χ4v) is 1.90. The second-order valence-electron chi connectivity index (χ2n) is 3.29. The summed E-state index contributed by atoms with van der Waals surface area (Å²) >= 11 is 1.76. The summed E-state index contributed by atoms with van der Waals surface area (Å²) in [6.07, 6.45) is 5.83. The average Bonchev–Trinajstić information content (AvgIpc) is 2.17. The number of nitrogens with two attached hydrogens (primary N) is 1. The van der Waals surface area contributed by atoms with Crippen molar-refractivity contribution in [1.29, 1.82) is 0 Å². The van der Waals surface area contributed by atoms with Crippen LogP contribution in [0.15, 0.2) is 29.2 Å². The van der Waals surface area contributed by atoms with Crippen LogP contribution in [-0.2, 0) is 0 Å². The maximum Gasteiger partial charge on any atom is 0.0246 e. The number of thioether (sulfide) groups is 1. The molecule has 0 heterocycles. The lowest BCUT2D eigenvalue weighted by Gasteiger charge is -2.07. The van der Waals surface area contributed by atoms with Crippen molar-refractivity contribution in [3.05, 3.63) is 29.8 Å². The largest absolute Gasteiger partial charge is 0.326 e. The van der Waals surface area contributed by atoms with Gasteiger partial charge in [-0.3, -0.25) is 0 Å². The molecule has 0 fully saturated rings. The molecule has 0 amide bonds. The fourth-order valence-electron chi connectivity index (χ4n) is 1.05. The summed E-state index contributed by atoms with van der Waals surface area (Å²) in [6, 6.07) is 8.54. The number of terminal acetylenes is 1. The van der Waals surface area contributed by atoms with Gasteiger partial charge in [0, 0.05) is 23.1 Å². The standard InChI is InChI=1S/C12H15NS/c1-3-4-11(13)9-14-12-7-5-10(2)6-8-12/h1,5-8,11H,4,9,13H2,2H3. The van der Waals surface area contributed by atoms with Crippen LogP contribution in [0.1, 0.15) is 12.0 Å². The molecular formula is C12H15NS. The summed E-state index contributed by atoms with van der Waals surface area (Å²) in [5.74, 6) is 3.46. The molecule has 0 bridgehead atoms. The van der Waals surface area contributed by atoms with Crippen molar-refractivity contribution in [2.45, 2.75) is 24.3 Å². The predicted molar refractivity (Wildman–Crippen MR) is 63.3 cm³/mol. The fraction of sp³-hybridized carbons (Fsp3) is 0.333. The maximum atomic E-state index is 5.80. The summed E-state index contributed by atoms with van der Waals surface area (Å²) in [4.78, 5) is 1.25. The van der Waals surface area contributed by atoms with Crippen LogP contribution in [0.25, 0.3) is 0 Å². The first-order valence-corrected chi connectivity index (χ1v) is 5.59. The minimum Gasteiger partial charge on any atom is -0.326 e. The van der Waals surface area contributed by atoms with E-state index in [1.54, 1.807) is 11.8 Å². The Morgan fingerprint density at radius 1 is 1.43 bits per heavy atom. The molecular weight excluding hydrogens is 190 g/mol. The normalized spacial score (nSPS) is 12.1. The SMILES string of the molecule is C#CCC(N)CSc1ccc(C)cc1. The van der Waals surface area contributed by atoms with Crippen molar-refractivity contribution in [3.8, 4) is 12.3 Å². The molecule has 1 rings (SSSR count). The van der Waals surface area contributed by atoms with Crippen molar-refractivity contribution in [2.24, 2.45) is 5.73 Å². The molecule has 0 saturated heterocycles. The van der Waals surface area contributed by atoms with Crippen LogP contribution in [0.5, 0.6) is 0 Å². The Bertz CT molecular complexity index is 310. The highest BCUT2D eigenvalue weighted by Crippen LogP contribution is 2.19. The van der Waals surface area contributed by atoms with E-state index in [4.69, 9.17) is 12.2 Å². The molecule has 1 unspecified atom stereocenters. The highest BCUT2D eigenvalue weighted by molar-refractivity contribution is 7.99. The Hall–Kier alpha value is -0.910. The van der Waals surface area contributed by atoms with Gasteiger partial charge in [0.15, 0.2) is 0 Å². The van der Waals surface area contributed by atoms with Gasteiger partial charge in [-0.25, -0.2) is 0 Å². The highest BCUT2D eigenvalue weighted by atomic mass is 32.2. The first kappa shape index (κ1) is 11.2. The van der Waals surface area contributed by atoms with Gasteiger partial charge in [-0.05, 0) is 19.1 Å². The van der Waals surface area contributed by atoms with Gasteiger partial charge in [0.25, 0.3) is 0 Å². The Kier molecular flexibility index (Phi) is 4.58. The van der Waals surface area contributed by atoms with Gasteiger partial charge < -0.3 is 5.73 Å². The summed E-state index contributed by atoms with van der Waals surface area (Å²) in [7, 11) is 0. The number of hydrogen-bond acceptors (Lipinski definition) is 2. The molecule has 14 heavy (non-hydrogen) atoms. The highest BCUT2D eigenvalue weighted by Gasteiger charge is 2.01. The maximum absolute atomic E-state index is 5.80. The lowest BCUT2D eigenvalue weighted by molar-refractivity contribution is 0.783. The molecule has 1 nitrogen and oxygen atoms in total. The van der Waals surface area contributed by atoms with Crippen molar-refractivity contribution < 1.29 is 0 Å². The first-order valence-electron chi connectivity index (χ1n) is 4.61. The second-order valence-corrected chi connectivity index (χ2v) is 4.39. The van der Waals surface area contributed by atoms with E-state index in [2.05, 4.69) is 37.1 Å². The lowest BCUT2D eigenvalue weighted by atomic mass is 10.2. The van der Waals surface area contributed by atoms with Crippen LogP contribution in [0, 0.1) is 19.3 Å². The van der Waals surface area contributed by atoms with Crippen LogP contribution in [-0.4, -0.2) is 11.8 Å². The van der Waals surface area contributed by atoms with Crippen LogP contribution in [0.2, 0.25) is 0 Å². The van der Waals surface area contributed by atoms with E-state index >= 15 is 0 Å². The third-order valence-electron chi connectivity index (χ3n) is 1.87. The van der Waals surface area contributed by atoms with Crippen LogP contribution >= 0.6 is 11.8 Å². The number of benzene rings is 1. The van der Waals surface area contributed by atoms with Gasteiger partial charge in [0.1, 0.15) is 0 Å². The smallest absolute Gasteiger partial charge is 0.0246 e. The van der Waals surface area contributed by atoms with Gasteiger partial charge in [-0.15, -0.1) is 24.1 Å². The zero-order valence-corrected chi connectivity index (χ0v) is 9.18. The Balaban J connectivity index is 2.39. The van der Waals surface area contributed by atoms with Gasteiger partial charge in [0.2, 0.25) is 0 Å². The number of rotatable bonds is 4. The number of hydrogen-bond donors (Lipinski definition) is 1. The summed E-state index contributed by atoms with van der Waals surface area (Å²) in [5.41, 5.74) is 7.08. The van der Waals surface area contributed by atoms with Crippen molar-refractivity contribution >= 4 is 11.8 Å². The van der Waals surface area contributed by atoms with Gasteiger partial charge in [0.05, 0.1) is 0 Å². The van der Waals surface area contributed by atoms with Crippen molar-refractivity contribution in [3.63, 3.8) is 0 Å². The molecule has 2 N–H and O–H groups in total. The molecule has 1 aromatic carbocycles. The molecule has 0 aliphatic rings. The Morgan fingerprint density at radius 3 is 2.64 bits per heavy atom. The third kappa shape index (κ3) is 3.87. The molecule has 0 saturated carbocycles. The molecule has 0 spiro atoms. The summed E-state index contributed by atoms with van der Waals surface area (Å²) < 4.78 is 0. The van der Waals surface area contributed by atoms with Gasteiger partial charge in [-0.1, -0.05) is 17.7 Å². The third-order valence-corrected chi connectivity index (χ3v) is 3.07. The van der Waals surface area contributed by atoms with Crippen LogP contribution in [0.3, 0.4) is 0 Å². The van der Waals surface area contributed by atoms with E-state index < -0.39 is 0 Å². The van der Waals surface area contributed by atoms with E-state index in [1.165, 1.54) is 10.5 Å². The minimum absolute atomic E-state index is 0.103. The molecule has 1 aromatic rings. The Labute approximate surface area is 90.1 Å². The lowest BCUT2D eigenvalue weighted by Crippen LogP contribution is -2.21. The zero-order chi connectivity index (χ0) is 10.4. The minimum atomic E-state index is 0.103. The van der Waals surface area contributed by atoms with Crippen LogP contribution in [0.4, 0.5) is 0 Å². The molecule has 2 heteroatoms. The van der Waals surface area contributed by atoms with E-state index in [0.717, 1.165) is 5.75 Å². The van der Waals surface area contributed by atoms with E-state index in [9.17, 15) is 0 Å². The molecule has 1 atom stereocenters. The average molecular weight is 205 g/mol. The quantitative estimate of drug-likeness (QED) is 0.603. The van der Waals surface area contributed by atoms with Crippen molar-refractivity contribution in [1.82, 2.24) is 0 Å². The number of aryl methyl sites for hydroxylation is 1.